The highest BCUT2D eigenvalue weighted by atomic mass is 16.5. The van der Waals surface area contributed by atoms with Gasteiger partial charge in [-0.25, -0.2) is 4.79 Å². The lowest BCUT2D eigenvalue weighted by molar-refractivity contribution is -0.221. The van der Waals surface area contributed by atoms with Gasteiger partial charge >= 0.3 is 5.97 Å². The Labute approximate surface area is 152 Å². The van der Waals surface area contributed by atoms with E-state index in [2.05, 4.69) is 0 Å². The van der Waals surface area contributed by atoms with Crippen LogP contribution in [0, 0.1) is 18.3 Å². The maximum atomic E-state index is 13.1. The van der Waals surface area contributed by atoms with E-state index in [9.17, 15) is 19.8 Å². The van der Waals surface area contributed by atoms with Crippen molar-refractivity contribution in [3.63, 3.8) is 0 Å². The Morgan fingerprint density at radius 3 is 2.69 bits per heavy atom. The largest absolute Gasteiger partial charge is 0.460 e. The molecule has 0 unspecified atom stereocenters. The number of hydrogen-bond acceptors (Lipinski definition) is 6. The van der Waals surface area contributed by atoms with E-state index in [0.29, 0.717) is 29.5 Å². The van der Waals surface area contributed by atoms with E-state index in [4.69, 9.17) is 9.15 Å². The van der Waals surface area contributed by atoms with Gasteiger partial charge in [-0.1, -0.05) is 19.9 Å². The van der Waals surface area contributed by atoms with Crippen molar-refractivity contribution >= 4 is 11.8 Å². The smallest absolute Gasteiger partial charge is 0.334 e. The molecule has 2 aliphatic carbocycles. The standard InChI is InChI=1S/C20H26O6/c1-6-10(2)18(23)26-17-14-11(3)9-25-15(14)16(22)20(24)13(21)8-7-12(4)19(17,20)5/h6,9,12-13,17,21,24H,7-8H2,1-5H3/b10-6-/t12-,13-,17+,19-,20-/m0/s1. The number of fused-ring (bicyclic) bond motifs is 2. The number of aliphatic hydroxyl groups excluding tert-OH is 1. The summed E-state index contributed by atoms with van der Waals surface area (Å²) < 4.78 is 11.2. The van der Waals surface area contributed by atoms with Crippen LogP contribution in [0.1, 0.15) is 68.3 Å². The van der Waals surface area contributed by atoms with Crippen molar-refractivity contribution in [1.29, 1.82) is 0 Å². The summed E-state index contributed by atoms with van der Waals surface area (Å²) in [6.45, 7) is 8.79. The molecular weight excluding hydrogens is 336 g/mol. The first-order chi connectivity index (χ1) is 12.1. The van der Waals surface area contributed by atoms with Gasteiger partial charge in [0.1, 0.15) is 6.10 Å². The van der Waals surface area contributed by atoms with Crippen LogP contribution in [0.15, 0.2) is 22.3 Å². The number of hydrogen-bond donors (Lipinski definition) is 2. The zero-order valence-electron chi connectivity index (χ0n) is 15.8. The maximum Gasteiger partial charge on any atom is 0.334 e. The van der Waals surface area contributed by atoms with E-state index in [1.807, 2.05) is 6.92 Å². The highest BCUT2D eigenvalue weighted by Gasteiger charge is 2.70. The molecule has 142 valence electrons. The molecule has 3 rings (SSSR count). The minimum Gasteiger partial charge on any atom is -0.460 e. The van der Waals surface area contributed by atoms with Gasteiger partial charge in [-0.2, -0.15) is 0 Å². The number of aryl methyl sites for hydroxylation is 1. The maximum absolute atomic E-state index is 13.1. The summed E-state index contributed by atoms with van der Waals surface area (Å²) in [5, 5.41) is 22.0. The SMILES string of the molecule is C/C=C(/C)C(=O)O[C@@H]1c2c(C)coc2C(=O)[C@@]2(O)[C@@H](O)CC[C@H](C)[C@@]12C. The molecule has 6 heteroatoms. The number of allylic oxidation sites excluding steroid dienone is 1. The van der Waals surface area contributed by atoms with Crippen molar-refractivity contribution in [3.8, 4) is 0 Å². The van der Waals surface area contributed by atoms with Crippen LogP contribution in [-0.2, 0) is 9.53 Å². The molecule has 2 N–H and O–H groups in total. The zero-order chi connectivity index (χ0) is 19.4. The van der Waals surface area contributed by atoms with Crippen LogP contribution in [0.2, 0.25) is 0 Å². The quantitative estimate of drug-likeness (QED) is 0.620. The van der Waals surface area contributed by atoms with Crippen molar-refractivity contribution in [2.24, 2.45) is 11.3 Å². The molecule has 1 heterocycles. The molecule has 0 aromatic carbocycles. The van der Waals surface area contributed by atoms with Gasteiger partial charge in [0.2, 0.25) is 5.78 Å². The topological polar surface area (TPSA) is 97.0 Å². The number of ketones is 1. The molecule has 1 fully saturated rings. The van der Waals surface area contributed by atoms with Gasteiger partial charge in [-0.3, -0.25) is 4.79 Å². The van der Waals surface area contributed by atoms with E-state index in [1.165, 1.54) is 6.26 Å². The Hall–Kier alpha value is -1.92. The summed E-state index contributed by atoms with van der Waals surface area (Å²) in [5.74, 6) is -1.36. The van der Waals surface area contributed by atoms with E-state index >= 15 is 0 Å². The fourth-order valence-electron chi connectivity index (χ4n) is 4.43. The van der Waals surface area contributed by atoms with E-state index in [0.717, 1.165) is 0 Å². The number of ether oxygens (including phenoxy) is 1. The average molecular weight is 362 g/mol. The predicted molar refractivity (Wildman–Crippen MR) is 93.5 cm³/mol. The van der Waals surface area contributed by atoms with Crippen molar-refractivity contribution in [2.45, 2.75) is 65.3 Å². The van der Waals surface area contributed by atoms with E-state index in [1.54, 1.807) is 33.8 Å². The third-order valence-electron chi connectivity index (χ3n) is 6.56. The number of rotatable bonds is 2. The zero-order valence-corrected chi connectivity index (χ0v) is 15.8. The monoisotopic (exact) mass is 362 g/mol. The average Bonchev–Trinajstić information content (AvgIpc) is 3.00. The number of esters is 1. The van der Waals surface area contributed by atoms with E-state index in [-0.39, 0.29) is 11.7 Å². The second kappa shape index (κ2) is 6.06. The minimum absolute atomic E-state index is 0.0356. The Bertz CT molecular complexity index is 790. The molecule has 1 saturated carbocycles. The first-order valence-electron chi connectivity index (χ1n) is 8.97. The van der Waals surface area contributed by atoms with Gasteiger partial charge in [-0.05, 0) is 45.1 Å². The normalized spacial score (nSPS) is 37.1. The first kappa shape index (κ1) is 18.9. The van der Waals surface area contributed by atoms with Crippen molar-refractivity contribution in [1.82, 2.24) is 0 Å². The van der Waals surface area contributed by atoms with Gasteiger partial charge in [0.25, 0.3) is 0 Å². The van der Waals surface area contributed by atoms with Gasteiger partial charge in [0.05, 0.1) is 17.8 Å². The molecule has 0 bridgehead atoms. The molecule has 1 aromatic heterocycles. The summed E-state index contributed by atoms with van der Waals surface area (Å²) >= 11 is 0. The molecule has 0 spiro atoms. The third kappa shape index (κ3) is 2.18. The highest BCUT2D eigenvalue weighted by molar-refractivity contribution is 6.04. The predicted octanol–water partition coefficient (Wildman–Crippen LogP) is 2.86. The van der Waals surface area contributed by atoms with Crippen molar-refractivity contribution in [3.05, 3.63) is 34.8 Å². The summed E-state index contributed by atoms with van der Waals surface area (Å²) in [6.07, 6.45) is 1.82. The first-order valence-corrected chi connectivity index (χ1v) is 8.97. The molecule has 0 radical (unpaired) electrons. The lowest BCUT2D eigenvalue weighted by Crippen LogP contribution is -2.69. The molecule has 6 nitrogen and oxygen atoms in total. The van der Waals surface area contributed by atoms with Crippen molar-refractivity contribution in [2.75, 3.05) is 0 Å². The van der Waals surface area contributed by atoms with Gasteiger partial charge < -0.3 is 19.4 Å². The lowest BCUT2D eigenvalue weighted by Gasteiger charge is -2.57. The summed E-state index contributed by atoms with van der Waals surface area (Å²) in [6, 6.07) is 0. The second-order valence-electron chi connectivity index (χ2n) is 7.79. The van der Waals surface area contributed by atoms with E-state index < -0.39 is 35.0 Å². The van der Waals surface area contributed by atoms with Crippen LogP contribution in [0.4, 0.5) is 0 Å². The fourth-order valence-corrected chi connectivity index (χ4v) is 4.43. The van der Waals surface area contributed by atoms with Crippen LogP contribution in [0.5, 0.6) is 0 Å². The molecule has 26 heavy (non-hydrogen) atoms. The molecule has 0 aliphatic heterocycles. The Morgan fingerprint density at radius 1 is 1.42 bits per heavy atom. The lowest BCUT2D eigenvalue weighted by atomic mass is 9.50. The van der Waals surface area contributed by atoms with Crippen LogP contribution in [0.25, 0.3) is 0 Å². The summed E-state index contributed by atoms with van der Waals surface area (Å²) in [7, 11) is 0. The van der Waals surface area contributed by atoms with Gasteiger partial charge in [-0.15, -0.1) is 0 Å². The Balaban J connectivity index is 2.24. The Kier molecular flexibility index (Phi) is 4.40. The van der Waals surface area contributed by atoms with Crippen LogP contribution >= 0.6 is 0 Å². The van der Waals surface area contributed by atoms with Crippen LogP contribution in [-0.4, -0.2) is 33.7 Å². The molecule has 1 aromatic rings. The van der Waals surface area contributed by atoms with Crippen LogP contribution in [0.3, 0.4) is 0 Å². The Morgan fingerprint density at radius 2 is 2.08 bits per heavy atom. The fraction of sp³-hybridized carbons (Fsp3) is 0.600. The number of furan rings is 1. The molecular formula is C20H26O6. The van der Waals surface area contributed by atoms with Crippen molar-refractivity contribution < 1.29 is 29.0 Å². The molecule has 0 saturated heterocycles. The summed E-state index contributed by atoms with van der Waals surface area (Å²) in [5.41, 5.74) is -1.65. The molecule has 0 amide bonds. The molecule has 2 aliphatic rings. The molecule has 5 atom stereocenters. The van der Waals surface area contributed by atoms with Gasteiger partial charge in [0.15, 0.2) is 11.4 Å². The number of carbonyl (C=O) groups is 2. The second-order valence-corrected chi connectivity index (χ2v) is 7.79. The van der Waals surface area contributed by atoms with Gasteiger partial charge in [0, 0.05) is 11.1 Å². The number of carbonyl (C=O) groups excluding carboxylic acids is 2. The minimum atomic E-state index is -2.07. The highest BCUT2D eigenvalue weighted by Crippen LogP contribution is 2.61. The number of aliphatic hydroxyl groups is 2. The third-order valence-corrected chi connectivity index (χ3v) is 6.56. The summed E-state index contributed by atoms with van der Waals surface area (Å²) in [4.78, 5) is 25.6. The van der Waals surface area contributed by atoms with Crippen LogP contribution < -0.4 is 0 Å². The number of Topliss-reactive ketones (excluding diaryl/α,β-unsaturated/α-hetero) is 1.